The molecule has 0 radical (unpaired) electrons. The van der Waals surface area contributed by atoms with Gasteiger partial charge in [0.15, 0.2) is 0 Å². The van der Waals surface area contributed by atoms with E-state index in [1.807, 2.05) is 5.80 Å². The van der Waals surface area contributed by atoms with Crippen LogP contribution in [0.5, 0.6) is 0 Å². The molecule has 0 unspecified atom stereocenters. The fraction of sp³-hybridized carbons (Fsp3) is 0.818. The molecule has 13 heavy (non-hydrogen) atoms. The molecule has 0 saturated carbocycles. The molecule has 0 aromatic rings. The first-order chi connectivity index (χ1) is 6.24. The minimum Gasteiger partial charge on any atom is -0.193 e. The summed E-state index contributed by atoms with van der Waals surface area (Å²) in [4.78, 5) is 0. The highest BCUT2D eigenvalue weighted by Crippen LogP contribution is 2.48. The van der Waals surface area contributed by atoms with Crippen LogP contribution in [-0.2, 0) is 0 Å². The van der Waals surface area contributed by atoms with E-state index in [4.69, 9.17) is 5.26 Å². The van der Waals surface area contributed by atoms with Gasteiger partial charge in [-0.15, -0.1) is 0 Å². The molecule has 0 bridgehead atoms. The van der Waals surface area contributed by atoms with E-state index in [1.54, 1.807) is 0 Å². The number of rotatable bonds is 6. The SMILES string of the molecule is CCCP(=CC#N)(CCC)CCC. The van der Waals surface area contributed by atoms with Crippen LogP contribution in [0.25, 0.3) is 0 Å². The molecule has 0 fully saturated rings. The molecule has 0 saturated heterocycles. The average molecular weight is 199 g/mol. The third-order valence-corrected chi connectivity index (χ3v) is 7.02. The van der Waals surface area contributed by atoms with Crippen molar-refractivity contribution in [1.82, 2.24) is 0 Å². The maximum Gasteiger partial charge on any atom is 0.0913 e. The fourth-order valence-corrected chi connectivity index (χ4v) is 5.96. The van der Waals surface area contributed by atoms with Gasteiger partial charge in [0.05, 0.1) is 6.07 Å². The van der Waals surface area contributed by atoms with E-state index in [9.17, 15) is 0 Å². The van der Waals surface area contributed by atoms with Gasteiger partial charge in [-0.25, -0.2) is 0 Å². The molecule has 0 aromatic heterocycles. The van der Waals surface area contributed by atoms with Gasteiger partial charge in [0.25, 0.3) is 0 Å². The predicted molar refractivity (Wildman–Crippen MR) is 64.1 cm³/mol. The normalized spacial score (nSPS) is 10.9. The van der Waals surface area contributed by atoms with Gasteiger partial charge in [0, 0.05) is 5.80 Å². The second kappa shape index (κ2) is 7.22. The number of nitrogens with zero attached hydrogens (tertiary/aromatic N) is 1. The van der Waals surface area contributed by atoms with Crippen LogP contribution in [0.1, 0.15) is 40.0 Å². The first kappa shape index (κ1) is 12.8. The Balaban J connectivity index is 4.61. The van der Waals surface area contributed by atoms with Crippen molar-refractivity contribution in [3.63, 3.8) is 0 Å². The van der Waals surface area contributed by atoms with Crippen LogP contribution in [0.3, 0.4) is 0 Å². The van der Waals surface area contributed by atoms with Crippen molar-refractivity contribution >= 4 is 12.7 Å². The van der Waals surface area contributed by atoms with Crippen molar-refractivity contribution in [2.75, 3.05) is 18.5 Å². The van der Waals surface area contributed by atoms with Crippen molar-refractivity contribution in [2.45, 2.75) is 40.0 Å². The monoisotopic (exact) mass is 199 g/mol. The Morgan fingerprint density at radius 2 is 1.38 bits per heavy atom. The smallest absolute Gasteiger partial charge is 0.0913 e. The van der Waals surface area contributed by atoms with Gasteiger partial charge in [0.1, 0.15) is 0 Å². The van der Waals surface area contributed by atoms with E-state index < -0.39 is 6.89 Å². The van der Waals surface area contributed by atoms with Crippen LogP contribution >= 0.6 is 6.89 Å². The van der Waals surface area contributed by atoms with Crippen LogP contribution < -0.4 is 0 Å². The Hall–Kier alpha value is -0.210. The third-order valence-electron chi connectivity index (χ3n) is 2.34. The maximum atomic E-state index is 8.80. The predicted octanol–water partition coefficient (Wildman–Crippen LogP) is 3.56. The summed E-state index contributed by atoms with van der Waals surface area (Å²) in [5, 5.41) is 8.80. The third kappa shape index (κ3) is 4.53. The van der Waals surface area contributed by atoms with Crippen LogP contribution in [0.2, 0.25) is 0 Å². The van der Waals surface area contributed by atoms with Gasteiger partial charge in [0.2, 0.25) is 0 Å². The molecule has 0 atom stereocenters. The first-order valence-electron chi connectivity index (χ1n) is 5.34. The van der Waals surface area contributed by atoms with Gasteiger partial charge < -0.3 is 0 Å². The largest absolute Gasteiger partial charge is 0.193 e. The second-order valence-electron chi connectivity index (χ2n) is 3.65. The van der Waals surface area contributed by atoms with E-state index >= 15 is 0 Å². The Morgan fingerprint density at radius 3 is 1.62 bits per heavy atom. The first-order valence-corrected chi connectivity index (χ1v) is 7.75. The molecule has 0 N–H and O–H groups in total. The van der Waals surface area contributed by atoms with E-state index in [1.165, 1.54) is 37.7 Å². The van der Waals surface area contributed by atoms with Crippen LogP contribution in [0.15, 0.2) is 0 Å². The molecular weight excluding hydrogens is 177 g/mol. The quantitative estimate of drug-likeness (QED) is 0.600. The van der Waals surface area contributed by atoms with Gasteiger partial charge in [-0.05, 0) is 18.5 Å². The summed E-state index contributed by atoms with van der Waals surface area (Å²) >= 11 is 0. The highest BCUT2D eigenvalue weighted by atomic mass is 31.2. The van der Waals surface area contributed by atoms with Crippen molar-refractivity contribution in [3.8, 4) is 6.07 Å². The highest BCUT2D eigenvalue weighted by Gasteiger charge is 2.13. The number of hydrogen-bond donors (Lipinski definition) is 0. The lowest BCUT2D eigenvalue weighted by atomic mass is 10.6. The van der Waals surface area contributed by atoms with Crippen molar-refractivity contribution in [3.05, 3.63) is 0 Å². The maximum absolute atomic E-state index is 8.80. The summed E-state index contributed by atoms with van der Waals surface area (Å²) in [6.45, 7) is 5.70. The summed E-state index contributed by atoms with van der Waals surface area (Å²) in [5.41, 5.74) is 0. The Morgan fingerprint density at radius 1 is 1.00 bits per heavy atom. The lowest BCUT2D eigenvalue weighted by Crippen LogP contribution is -2.01. The summed E-state index contributed by atoms with van der Waals surface area (Å²) in [6, 6.07) is 2.29. The average Bonchev–Trinajstić information content (AvgIpc) is 2.06. The number of nitriles is 1. The molecular formula is C11H22NP. The van der Waals surface area contributed by atoms with E-state index in [-0.39, 0.29) is 0 Å². The van der Waals surface area contributed by atoms with Crippen LogP contribution in [0.4, 0.5) is 0 Å². The van der Waals surface area contributed by atoms with E-state index in [0.29, 0.717) is 0 Å². The van der Waals surface area contributed by atoms with E-state index in [2.05, 4.69) is 26.8 Å². The molecule has 0 aliphatic heterocycles. The zero-order chi connectivity index (χ0) is 10.2. The Bertz CT molecular complexity index is 189. The topological polar surface area (TPSA) is 23.8 Å². The molecule has 0 heterocycles. The fourth-order valence-electron chi connectivity index (χ4n) is 1.99. The highest BCUT2D eigenvalue weighted by molar-refractivity contribution is 7.75. The van der Waals surface area contributed by atoms with Gasteiger partial charge in [-0.1, -0.05) is 46.9 Å². The lowest BCUT2D eigenvalue weighted by Gasteiger charge is -2.23. The number of hydrogen-bond acceptors (Lipinski definition) is 1. The minimum atomic E-state index is -0.982. The standard InChI is InChI=1S/C11H22NP/c1-4-8-13(9-5-2,10-6-3)11-7-12/h11H,4-6,8-10H2,1-3H3. The summed E-state index contributed by atoms with van der Waals surface area (Å²) in [7, 11) is 0. The molecule has 76 valence electrons. The molecule has 0 spiro atoms. The lowest BCUT2D eigenvalue weighted by molar-refractivity contribution is 1.01. The van der Waals surface area contributed by atoms with E-state index in [0.717, 1.165) is 0 Å². The van der Waals surface area contributed by atoms with Gasteiger partial charge >= 0.3 is 0 Å². The molecule has 0 amide bonds. The van der Waals surface area contributed by atoms with Crippen LogP contribution in [-0.4, -0.2) is 24.3 Å². The molecule has 0 rings (SSSR count). The second-order valence-corrected chi connectivity index (χ2v) is 7.68. The minimum absolute atomic E-state index is 0.982. The van der Waals surface area contributed by atoms with Gasteiger partial charge in [-0.3, -0.25) is 0 Å². The zero-order valence-electron chi connectivity index (χ0n) is 9.21. The summed E-state index contributed by atoms with van der Waals surface area (Å²) < 4.78 is 0. The van der Waals surface area contributed by atoms with Crippen LogP contribution in [0, 0.1) is 11.3 Å². The molecule has 1 nitrogen and oxygen atoms in total. The molecule has 2 heteroatoms. The zero-order valence-corrected chi connectivity index (χ0v) is 10.1. The van der Waals surface area contributed by atoms with Crippen molar-refractivity contribution in [2.24, 2.45) is 0 Å². The Labute approximate surface area is 83.1 Å². The summed E-state index contributed by atoms with van der Waals surface area (Å²) in [5.74, 6) is 1.99. The van der Waals surface area contributed by atoms with Gasteiger partial charge in [-0.2, -0.15) is 5.26 Å². The molecule has 0 aromatic carbocycles. The Kier molecular flexibility index (Phi) is 7.10. The van der Waals surface area contributed by atoms with Crippen molar-refractivity contribution in [1.29, 1.82) is 5.26 Å². The molecule has 0 aliphatic carbocycles. The summed E-state index contributed by atoms with van der Waals surface area (Å²) in [6.07, 6.45) is 7.52. The van der Waals surface area contributed by atoms with Crippen molar-refractivity contribution < 1.29 is 0 Å². The molecule has 0 aliphatic rings.